The number of ether oxygens (including phenoxy) is 1. The predicted molar refractivity (Wildman–Crippen MR) is 77.6 cm³/mol. The van der Waals surface area contributed by atoms with E-state index in [0.717, 1.165) is 23.6 Å². The van der Waals surface area contributed by atoms with E-state index in [2.05, 4.69) is 47.0 Å². The summed E-state index contributed by atoms with van der Waals surface area (Å²) in [6, 6.07) is 0.515. The molecule has 0 aromatic carbocycles. The summed E-state index contributed by atoms with van der Waals surface area (Å²) in [4.78, 5) is 5.66. The molecule has 0 aliphatic heterocycles. The number of aryl methyl sites for hydroxylation is 1. The van der Waals surface area contributed by atoms with Crippen molar-refractivity contribution in [2.24, 2.45) is 5.41 Å². The molecule has 2 aromatic heterocycles. The molecule has 0 saturated heterocycles. The van der Waals surface area contributed by atoms with Crippen molar-refractivity contribution in [3.05, 3.63) is 23.0 Å². The van der Waals surface area contributed by atoms with Crippen molar-refractivity contribution < 1.29 is 4.74 Å². The van der Waals surface area contributed by atoms with Gasteiger partial charge in [0, 0.05) is 36.7 Å². The van der Waals surface area contributed by atoms with Gasteiger partial charge in [-0.15, -0.1) is 11.3 Å². The average Bonchev–Trinajstić information content (AvgIpc) is 2.90. The van der Waals surface area contributed by atoms with Crippen LogP contribution in [0.15, 0.2) is 11.6 Å². The Bertz CT molecular complexity index is 587. The summed E-state index contributed by atoms with van der Waals surface area (Å²) in [7, 11) is 1.80. The lowest BCUT2D eigenvalue weighted by atomic mass is 9.64. The first kappa shape index (κ1) is 13.1. The maximum atomic E-state index is 5.49. The van der Waals surface area contributed by atoms with E-state index in [-0.39, 0.29) is 5.41 Å². The van der Waals surface area contributed by atoms with Crippen molar-refractivity contribution in [1.29, 1.82) is 0 Å². The average molecular weight is 279 g/mol. The highest BCUT2D eigenvalue weighted by Crippen LogP contribution is 2.42. The van der Waals surface area contributed by atoms with Gasteiger partial charge in [0.05, 0.1) is 17.5 Å². The normalized spacial score (nSPS) is 25.7. The first-order chi connectivity index (χ1) is 9.04. The number of fused-ring (bicyclic) bond motifs is 1. The summed E-state index contributed by atoms with van der Waals surface area (Å²) in [6.45, 7) is 7.49. The Morgan fingerprint density at radius 1 is 1.58 bits per heavy atom. The maximum absolute atomic E-state index is 5.49. The second kappa shape index (κ2) is 4.58. The van der Waals surface area contributed by atoms with Crippen LogP contribution in [0.1, 0.15) is 31.7 Å². The van der Waals surface area contributed by atoms with Gasteiger partial charge in [-0.25, -0.2) is 4.98 Å². The van der Waals surface area contributed by atoms with Gasteiger partial charge in [0.2, 0.25) is 0 Å². The van der Waals surface area contributed by atoms with E-state index in [9.17, 15) is 0 Å². The lowest BCUT2D eigenvalue weighted by molar-refractivity contribution is -0.0979. The molecule has 0 spiro atoms. The molecule has 1 aliphatic rings. The van der Waals surface area contributed by atoms with Crippen molar-refractivity contribution in [3.63, 3.8) is 0 Å². The van der Waals surface area contributed by atoms with Gasteiger partial charge in [-0.05, 0) is 13.3 Å². The van der Waals surface area contributed by atoms with Crippen molar-refractivity contribution in [3.8, 4) is 0 Å². The van der Waals surface area contributed by atoms with Gasteiger partial charge in [0.1, 0.15) is 0 Å². The Balaban J connectivity index is 1.70. The fourth-order valence-corrected chi connectivity index (χ4v) is 3.78. The molecule has 4 nitrogen and oxygen atoms in total. The molecule has 2 unspecified atom stereocenters. The van der Waals surface area contributed by atoms with Crippen LogP contribution in [0.4, 0.5) is 0 Å². The molecule has 0 bridgehead atoms. The molecule has 1 saturated carbocycles. The number of methoxy groups -OCH3 is 1. The molecular formula is C14H21N3OS. The van der Waals surface area contributed by atoms with E-state index in [1.807, 2.05) is 0 Å². The number of nitrogens with one attached hydrogen (secondary N) is 1. The predicted octanol–water partition coefficient (Wildman–Crippen LogP) is 2.61. The Morgan fingerprint density at radius 2 is 2.37 bits per heavy atom. The van der Waals surface area contributed by atoms with Gasteiger partial charge in [-0.3, -0.25) is 4.40 Å². The van der Waals surface area contributed by atoms with Crippen molar-refractivity contribution in [2.75, 3.05) is 7.11 Å². The van der Waals surface area contributed by atoms with Crippen LogP contribution in [0, 0.1) is 12.3 Å². The van der Waals surface area contributed by atoms with Gasteiger partial charge in [0.25, 0.3) is 0 Å². The van der Waals surface area contributed by atoms with E-state index in [4.69, 9.17) is 4.74 Å². The highest BCUT2D eigenvalue weighted by Gasteiger charge is 2.48. The van der Waals surface area contributed by atoms with Gasteiger partial charge < -0.3 is 10.1 Å². The zero-order chi connectivity index (χ0) is 13.6. The van der Waals surface area contributed by atoms with E-state index >= 15 is 0 Å². The van der Waals surface area contributed by atoms with E-state index in [1.54, 1.807) is 18.4 Å². The first-order valence-corrected chi connectivity index (χ1v) is 7.59. The summed E-state index contributed by atoms with van der Waals surface area (Å²) in [5, 5.41) is 5.75. The SMILES string of the molecule is COC1CC(NCc2c(C)nc3sccn23)C1(C)C. The van der Waals surface area contributed by atoms with Gasteiger partial charge in [-0.1, -0.05) is 13.8 Å². The molecule has 5 heteroatoms. The number of aromatic nitrogens is 2. The molecule has 104 valence electrons. The zero-order valence-corrected chi connectivity index (χ0v) is 12.8. The molecule has 19 heavy (non-hydrogen) atoms. The molecule has 1 aliphatic carbocycles. The Kier molecular flexibility index (Phi) is 3.15. The molecule has 0 amide bonds. The first-order valence-electron chi connectivity index (χ1n) is 6.71. The number of nitrogens with zero attached hydrogens (tertiary/aromatic N) is 2. The highest BCUT2D eigenvalue weighted by molar-refractivity contribution is 7.15. The summed E-state index contributed by atoms with van der Waals surface area (Å²) in [5.41, 5.74) is 2.61. The van der Waals surface area contributed by atoms with Crippen LogP contribution in [0.5, 0.6) is 0 Å². The smallest absolute Gasteiger partial charge is 0.194 e. The molecule has 2 aromatic rings. The molecule has 2 atom stereocenters. The number of imidazole rings is 1. The minimum absolute atomic E-state index is 0.209. The number of hydrogen-bond acceptors (Lipinski definition) is 4. The molecule has 3 rings (SSSR count). The van der Waals surface area contributed by atoms with Crippen LogP contribution < -0.4 is 5.32 Å². The summed E-state index contributed by atoms with van der Waals surface area (Å²) < 4.78 is 7.68. The number of hydrogen-bond donors (Lipinski definition) is 1. The monoisotopic (exact) mass is 279 g/mol. The van der Waals surface area contributed by atoms with Gasteiger partial charge in [-0.2, -0.15) is 0 Å². The standard InChI is InChI=1S/C14H21N3OS/c1-9-10(17-5-6-19-13(17)16-9)8-15-11-7-12(18-4)14(11,2)3/h5-6,11-12,15H,7-8H2,1-4H3. The second-order valence-electron chi connectivity index (χ2n) is 5.91. The fraction of sp³-hybridized carbons (Fsp3) is 0.643. The van der Waals surface area contributed by atoms with Gasteiger partial charge >= 0.3 is 0 Å². The lowest BCUT2D eigenvalue weighted by Gasteiger charge is -2.51. The van der Waals surface area contributed by atoms with Crippen LogP contribution in [0.2, 0.25) is 0 Å². The molecule has 2 heterocycles. The second-order valence-corrected chi connectivity index (χ2v) is 6.79. The third-order valence-electron chi connectivity index (χ3n) is 4.54. The Morgan fingerprint density at radius 3 is 3.05 bits per heavy atom. The maximum Gasteiger partial charge on any atom is 0.194 e. The lowest BCUT2D eigenvalue weighted by Crippen LogP contribution is -2.60. The molecule has 1 N–H and O–H groups in total. The minimum atomic E-state index is 0.209. The quantitative estimate of drug-likeness (QED) is 0.935. The fourth-order valence-electron chi connectivity index (χ4n) is 3.01. The van der Waals surface area contributed by atoms with Crippen molar-refractivity contribution in [1.82, 2.24) is 14.7 Å². The molecular weight excluding hydrogens is 258 g/mol. The van der Waals surface area contributed by atoms with E-state index in [0.29, 0.717) is 12.1 Å². The zero-order valence-electron chi connectivity index (χ0n) is 11.9. The minimum Gasteiger partial charge on any atom is -0.381 e. The van der Waals surface area contributed by atoms with Gasteiger partial charge in [0.15, 0.2) is 4.96 Å². The number of thiazole rings is 1. The van der Waals surface area contributed by atoms with Crippen LogP contribution in [0.25, 0.3) is 4.96 Å². The highest BCUT2D eigenvalue weighted by atomic mass is 32.1. The van der Waals surface area contributed by atoms with E-state index in [1.165, 1.54) is 5.69 Å². The molecule has 1 fully saturated rings. The van der Waals surface area contributed by atoms with Crippen LogP contribution in [-0.4, -0.2) is 28.6 Å². The molecule has 0 radical (unpaired) electrons. The topological polar surface area (TPSA) is 38.6 Å². The third kappa shape index (κ3) is 2.00. The third-order valence-corrected chi connectivity index (χ3v) is 5.30. The number of rotatable bonds is 4. The van der Waals surface area contributed by atoms with E-state index < -0.39 is 0 Å². The Hall–Kier alpha value is -0.910. The van der Waals surface area contributed by atoms with Crippen molar-refractivity contribution in [2.45, 2.75) is 45.9 Å². The largest absolute Gasteiger partial charge is 0.381 e. The summed E-state index contributed by atoms with van der Waals surface area (Å²) in [6.07, 6.45) is 3.56. The van der Waals surface area contributed by atoms with Crippen LogP contribution in [-0.2, 0) is 11.3 Å². The summed E-state index contributed by atoms with van der Waals surface area (Å²) in [5.74, 6) is 0. The van der Waals surface area contributed by atoms with Crippen LogP contribution in [0.3, 0.4) is 0 Å². The van der Waals surface area contributed by atoms with Crippen LogP contribution >= 0.6 is 11.3 Å². The Labute approximate surface area is 117 Å². The van der Waals surface area contributed by atoms with Crippen molar-refractivity contribution >= 4 is 16.3 Å². The summed E-state index contributed by atoms with van der Waals surface area (Å²) >= 11 is 1.68.